The first-order valence-electron chi connectivity index (χ1n) is 8.55. The minimum absolute atomic E-state index is 0.129. The van der Waals surface area contributed by atoms with E-state index >= 15 is 0 Å². The van der Waals surface area contributed by atoms with E-state index in [1.54, 1.807) is 18.3 Å². The van der Waals surface area contributed by atoms with Crippen molar-refractivity contribution in [2.24, 2.45) is 0 Å². The average molecular weight is 311 g/mol. The zero-order chi connectivity index (χ0) is 15.8. The van der Waals surface area contributed by atoms with Crippen LogP contribution in [0.4, 0.5) is 0 Å². The largest absolute Gasteiger partial charge is 0.332 e. The third kappa shape index (κ3) is 2.64. The molecule has 0 aromatic carbocycles. The first kappa shape index (κ1) is 14.4. The summed E-state index contributed by atoms with van der Waals surface area (Å²) in [6, 6.07) is 6.00. The molecule has 23 heavy (non-hydrogen) atoms. The van der Waals surface area contributed by atoms with Gasteiger partial charge in [0, 0.05) is 24.5 Å². The number of nitrogens with zero attached hydrogens (tertiary/aromatic N) is 3. The minimum atomic E-state index is -0.262. The Morgan fingerprint density at radius 2 is 1.83 bits per heavy atom. The second-order valence-electron chi connectivity index (χ2n) is 6.64. The molecule has 2 fully saturated rings. The van der Waals surface area contributed by atoms with Gasteiger partial charge >= 0.3 is 0 Å². The molecule has 5 nitrogen and oxygen atoms in total. The van der Waals surface area contributed by atoms with E-state index in [9.17, 15) is 9.59 Å². The van der Waals surface area contributed by atoms with Crippen LogP contribution in [0.3, 0.4) is 0 Å². The van der Waals surface area contributed by atoms with E-state index in [1.165, 1.54) is 29.9 Å². The Balaban J connectivity index is 1.72. The summed E-state index contributed by atoms with van der Waals surface area (Å²) in [6.45, 7) is 0. The Bertz CT molecular complexity index is 788. The molecule has 0 atom stereocenters. The fraction of sp³-hybridized carbons (Fsp3) is 0.500. The van der Waals surface area contributed by atoms with Crippen LogP contribution in [0.2, 0.25) is 0 Å². The van der Waals surface area contributed by atoms with E-state index in [0.717, 1.165) is 25.7 Å². The fourth-order valence-corrected chi connectivity index (χ4v) is 3.65. The maximum atomic E-state index is 13.1. The second kappa shape index (κ2) is 5.80. The molecule has 4 rings (SSSR count). The summed E-state index contributed by atoms with van der Waals surface area (Å²) in [6.07, 6.45) is 11.0. The summed E-state index contributed by atoms with van der Waals surface area (Å²) in [7, 11) is 0. The van der Waals surface area contributed by atoms with Crippen molar-refractivity contribution in [1.29, 1.82) is 0 Å². The summed E-state index contributed by atoms with van der Waals surface area (Å²) in [4.78, 5) is 32.0. The van der Waals surface area contributed by atoms with Crippen molar-refractivity contribution >= 4 is 11.6 Å². The molecule has 2 aromatic rings. The van der Waals surface area contributed by atoms with Crippen LogP contribution in [0.5, 0.6) is 0 Å². The molecule has 2 aromatic heterocycles. The summed E-state index contributed by atoms with van der Waals surface area (Å²) >= 11 is 0. The lowest BCUT2D eigenvalue weighted by Gasteiger charge is -2.34. The molecule has 120 valence electrons. The number of hydrogen-bond donors (Lipinski definition) is 0. The van der Waals surface area contributed by atoms with Gasteiger partial charge in [0.2, 0.25) is 0 Å². The van der Waals surface area contributed by atoms with Crippen LogP contribution >= 0.6 is 0 Å². The molecule has 0 radical (unpaired) electrons. The van der Waals surface area contributed by atoms with Gasteiger partial charge < -0.3 is 4.90 Å². The molecule has 2 aliphatic carbocycles. The zero-order valence-electron chi connectivity index (χ0n) is 13.1. The summed E-state index contributed by atoms with van der Waals surface area (Å²) < 4.78 is 1.46. The van der Waals surface area contributed by atoms with Crippen LogP contribution in [0.25, 0.3) is 5.65 Å². The van der Waals surface area contributed by atoms with Gasteiger partial charge in [0.25, 0.3) is 11.5 Å². The second-order valence-corrected chi connectivity index (χ2v) is 6.64. The SMILES string of the molecule is O=C(c1cnc2ccccn2c1=O)N(C1CCCCC1)C1CC1. The Labute approximate surface area is 135 Å². The standard InChI is InChI=1S/C18H21N3O2/c22-17-15(12-19-16-8-4-5-11-20(16)17)18(23)21(14-9-10-14)13-6-2-1-3-7-13/h4-5,8,11-14H,1-3,6-7,9-10H2. The van der Waals surface area contributed by atoms with Gasteiger partial charge in [-0.25, -0.2) is 4.98 Å². The van der Waals surface area contributed by atoms with E-state index in [-0.39, 0.29) is 17.0 Å². The molecule has 2 aliphatic rings. The van der Waals surface area contributed by atoms with Gasteiger partial charge in [-0.3, -0.25) is 14.0 Å². The first-order valence-corrected chi connectivity index (χ1v) is 8.55. The quantitative estimate of drug-likeness (QED) is 0.875. The van der Waals surface area contributed by atoms with Crippen LogP contribution in [-0.4, -0.2) is 32.3 Å². The highest BCUT2D eigenvalue weighted by Crippen LogP contribution is 2.34. The highest BCUT2D eigenvalue weighted by atomic mass is 16.2. The zero-order valence-corrected chi connectivity index (χ0v) is 13.1. The van der Waals surface area contributed by atoms with Crippen LogP contribution in [0.1, 0.15) is 55.3 Å². The van der Waals surface area contributed by atoms with E-state index < -0.39 is 0 Å². The lowest BCUT2D eigenvalue weighted by molar-refractivity contribution is 0.0611. The Morgan fingerprint density at radius 3 is 2.57 bits per heavy atom. The maximum absolute atomic E-state index is 13.1. The number of amides is 1. The summed E-state index contributed by atoms with van der Waals surface area (Å²) in [5, 5.41) is 0. The molecule has 5 heteroatoms. The first-order chi connectivity index (χ1) is 11.3. The lowest BCUT2D eigenvalue weighted by Crippen LogP contribution is -2.45. The van der Waals surface area contributed by atoms with Gasteiger partial charge in [-0.15, -0.1) is 0 Å². The topological polar surface area (TPSA) is 54.7 Å². The minimum Gasteiger partial charge on any atom is -0.332 e. The van der Waals surface area contributed by atoms with Gasteiger partial charge in [0.05, 0.1) is 0 Å². The molecule has 2 heterocycles. The smallest absolute Gasteiger partial charge is 0.270 e. The molecular formula is C18H21N3O2. The van der Waals surface area contributed by atoms with Crippen LogP contribution in [0, 0.1) is 0 Å². The molecule has 0 saturated heterocycles. The number of hydrogen-bond acceptors (Lipinski definition) is 3. The number of carbonyl (C=O) groups is 1. The van der Waals surface area contributed by atoms with Gasteiger partial charge in [-0.1, -0.05) is 25.3 Å². The predicted molar refractivity (Wildman–Crippen MR) is 87.5 cm³/mol. The van der Waals surface area contributed by atoms with Gasteiger partial charge in [0.1, 0.15) is 11.2 Å². The van der Waals surface area contributed by atoms with Crippen LogP contribution < -0.4 is 5.56 Å². The van der Waals surface area contributed by atoms with Crippen molar-refractivity contribution in [3.05, 3.63) is 46.5 Å². The summed E-state index contributed by atoms with van der Waals surface area (Å²) in [5.41, 5.74) is 0.512. The van der Waals surface area contributed by atoms with Crippen molar-refractivity contribution < 1.29 is 4.79 Å². The van der Waals surface area contributed by atoms with Gasteiger partial charge in [-0.05, 0) is 37.8 Å². The maximum Gasteiger partial charge on any atom is 0.270 e. The van der Waals surface area contributed by atoms with E-state index in [4.69, 9.17) is 0 Å². The number of rotatable bonds is 3. The van der Waals surface area contributed by atoms with Crippen molar-refractivity contribution in [1.82, 2.24) is 14.3 Å². The Kier molecular flexibility index (Phi) is 3.63. The average Bonchev–Trinajstić information content (AvgIpc) is 3.41. The number of fused-ring (bicyclic) bond motifs is 1. The highest BCUT2D eigenvalue weighted by Gasteiger charge is 2.39. The third-order valence-corrected chi connectivity index (χ3v) is 4.99. The molecule has 0 bridgehead atoms. The Morgan fingerprint density at radius 1 is 1.09 bits per heavy atom. The van der Waals surface area contributed by atoms with Crippen molar-refractivity contribution in [2.75, 3.05) is 0 Å². The van der Waals surface area contributed by atoms with Crippen LogP contribution in [0.15, 0.2) is 35.4 Å². The van der Waals surface area contributed by atoms with Crippen molar-refractivity contribution in [3.8, 4) is 0 Å². The highest BCUT2D eigenvalue weighted by molar-refractivity contribution is 5.94. The molecule has 0 N–H and O–H groups in total. The number of carbonyl (C=O) groups excluding carboxylic acids is 1. The van der Waals surface area contributed by atoms with E-state index in [2.05, 4.69) is 4.98 Å². The molecule has 1 amide bonds. The molecule has 0 unspecified atom stereocenters. The number of pyridine rings is 1. The van der Waals surface area contributed by atoms with E-state index in [1.807, 2.05) is 11.0 Å². The predicted octanol–water partition coefficient (Wildman–Crippen LogP) is 2.63. The molecule has 2 saturated carbocycles. The third-order valence-electron chi connectivity index (χ3n) is 4.99. The van der Waals surface area contributed by atoms with Crippen molar-refractivity contribution in [2.45, 2.75) is 57.0 Å². The molecular weight excluding hydrogens is 290 g/mol. The van der Waals surface area contributed by atoms with E-state index in [0.29, 0.717) is 17.7 Å². The summed E-state index contributed by atoms with van der Waals surface area (Å²) in [5.74, 6) is -0.129. The fourth-order valence-electron chi connectivity index (χ4n) is 3.65. The van der Waals surface area contributed by atoms with Gasteiger partial charge in [0.15, 0.2) is 0 Å². The Hall–Kier alpha value is -2.17. The normalized spacial score (nSPS) is 19.0. The van der Waals surface area contributed by atoms with Gasteiger partial charge in [-0.2, -0.15) is 0 Å². The number of aromatic nitrogens is 2. The molecule has 0 aliphatic heterocycles. The van der Waals surface area contributed by atoms with Crippen molar-refractivity contribution in [3.63, 3.8) is 0 Å². The molecule has 0 spiro atoms. The van der Waals surface area contributed by atoms with Crippen LogP contribution in [-0.2, 0) is 0 Å². The monoisotopic (exact) mass is 311 g/mol. The lowest BCUT2D eigenvalue weighted by atomic mass is 9.93.